The third-order valence-electron chi connectivity index (χ3n) is 4.45. The van der Waals surface area contributed by atoms with Crippen LogP contribution >= 0.6 is 0 Å². The summed E-state index contributed by atoms with van der Waals surface area (Å²) in [5.74, 6) is 0.187. The van der Waals surface area contributed by atoms with Crippen molar-refractivity contribution in [1.29, 1.82) is 0 Å². The number of amides is 1. The first-order valence-corrected chi connectivity index (χ1v) is 9.28. The summed E-state index contributed by atoms with van der Waals surface area (Å²) >= 11 is 0. The van der Waals surface area contributed by atoms with Crippen molar-refractivity contribution in [2.45, 2.75) is 47.5 Å². The highest BCUT2D eigenvalue weighted by molar-refractivity contribution is 6.16. The summed E-state index contributed by atoms with van der Waals surface area (Å²) in [6, 6.07) is 8.09. The van der Waals surface area contributed by atoms with E-state index in [1.807, 2.05) is 19.1 Å². The average molecular weight is 355 g/mol. The summed E-state index contributed by atoms with van der Waals surface area (Å²) in [4.78, 5) is 27.1. The number of carbonyl (C=O) groups excluding carboxylic acids is 2. The van der Waals surface area contributed by atoms with Crippen molar-refractivity contribution < 1.29 is 14.3 Å². The molecule has 1 aliphatic heterocycles. The molecule has 26 heavy (non-hydrogen) atoms. The quantitative estimate of drug-likeness (QED) is 0.556. The number of carbonyl (C=O) groups is 2. The normalized spacial score (nSPS) is 16.4. The molecule has 4 heteroatoms. The van der Waals surface area contributed by atoms with Crippen molar-refractivity contribution in [3.63, 3.8) is 0 Å². The van der Waals surface area contributed by atoms with Crippen LogP contribution in [0.1, 0.15) is 58.6 Å². The lowest BCUT2D eigenvalue weighted by molar-refractivity contribution is -0.138. The first kappa shape index (κ1) is 20.0. The maximum atomic E-state index is 13.0. The van der Waals surface area contributed by atoms with Crippen LogP contribution in [0.15, 0.2) is 41.1 Å². The number of hydrogen-bond acceptors (Lipinski definition) is 3. The van der Waals surface area contributed by atoms with Gasteiger partial charge >= 0.3 is 5.97 Å². The summed E-state index contributed by atoms with van der Waals surface area (Å²) in [5, 5.41) is 0. The topological polar surface area (TPSA) is 46.6 Å². The molecule has 0 fully saturated rings. The zero-order chi connectivity index (χ0) is 19.4. The minimum atomic E-state index is -0.436. The molecule has 0 unspecified atom stereocenters. The van der Waals surface area contributed by atoms with E-state index in [1.54, 1.807) is 17.9 Å². The van der Waals surface area contributed by atoms with E-state index in [-0.39, 0.29) is 12.5 Å². The second-order valence-corrected chi connectivity index (χ2v) is 7.37. The fourth-order valence-electron chi connectivity index (χ4n) is 3.06. The highest BCUT2D eigenvalue weighted by atomic mass is 16.5. The molecule has 1 aliphatic rings. The second-order valence-electron chi connectivity index (χ2n) is 7.37. The summed E-state index contributed by atoms with van der Waals surface area (Å²) in [7, 11) is 0. The fraction of sp³-hybridized carbons (Fsp3) is 0.455. The molecule has 0 spiro atoms. The van der Waals surface area contributed by atoms with Crippen LogP contribution in [-0.2, 0) is 14.3 Å². The number of allylic oxidation sites excluding steroid dienone is 1. The highest BCUT2D eigenvalue weighted by Crippen LogP contribution is 2.32. The number of esters is 1. The van der Waals surface area contributed by atoms with Crippen LogP contribution < -0.4 is 0 Å². The Morgan fingerprint density at radius 1 is 1.15 bits per heavy atom. The number of benzene rings is 1. The lowest BCUT2D eigenvalue weighted by Gasteiger charge is -2.19. The summed E-state index contributed by atoms with van der Waals surface area (Å²) < 4.78 is 5.20. The van der Waals surface area contributed by atoms with E-state index in [4.69, 9.17) is 4.74 Å². The van der Waals surface area contributed by atoms with Crippen molar-refractivity contribution in [3.05, 3.63) is 52.2 Å². The maximum Gasteiger partial charge on any atom is 0.340 e. The van der Waals surface area contributed by atoms with Gasteiger partial charge in [0.2, 0.25) is 0 Å². The molecule has 4 nitrogen and oxygen atoms in total. The Morgan fingerprint density at radius 3 is 2.27 bits per heavy atom. The Hall–Kier alpha value is -2.36. The van der Waals surface area contributed by atoms with Crippen LogP contribution in [-0.4, -0.2) is 29.9 Å². The minimum absolute atomic E-state index is 0.132. The molecular formula is C22H29NO3. The second kappa shape index (κ2) is 8.35. The highest BCUT2D eigenvalue weighted by Gasteiger charge is 2.37. The van der Waals surface area contributed by atoms with Crippen LogP contribution in [0, 0.1) is 5.92 Å². The van der Waals surface area contributed by atoms with Crippen molar-refractivity contribution in [1.82, 2.24) is 4.90 Å². The van der Waals surface area contributed by atoms with Gasteiger partial charge in [-0.25, -0.2) is 4.79 Å². The third-order valence-corrected chi connectivity index (χ3v) is 4.45. The van der Waals surface area contributed by atoms with Crippen LogP contribution in [0.2, 0.25) is 0 Å². The summed E-state index contributed by atoms with van der Waals surface area (Å²) in [5.41, 5.74) is 3.61. The van der Waals surface area contributed by atoms with Crippen molar-refractivity contribution >= 4 is 18.0 Å². The number of ether oxygens (including phenoxy) is 1. The minimum Gasteiger partial charge on any atom is -0.462 e. The molecule has 0 aromatic heterocycles. The molecule has 0 aliphatic carbocycles. The Morgan fingerprint density at radius 2 is 1.77 bits per heavy atom. The predicted molar refractivity (Wildman–Crippen MR) is 104 cm³/mol. The molecule has 1 aromatic rings. The molecular weight excluding hydrogens is 326 g/mol. The van der Waals surface area contributed by atoms with Crippen LogP contribution in [0.5, 0.6) is 0 Å². The largest absolute Gasteiger partial charge is 0.462 e. The third kappa shape index (κ3) is 4.24. The van der Waals surface area contributed by atoms with Gasteiger partial charge in [-0.15, -0.1) is 0 Å². The predicted octanol–water partition coefficient (Wildman–Crippen LogP) is 4.53. The van der Waals surface area contributed by atoms with Gasteiger partial charge in [-0.2, -0.15) is 0 Å². The zero-order valence-electron chi connectivity index (χ0n) is 16.6. The molecule has 1 amide bonds. The van der Waals surface area contributed by atoms with Crippen molar-refractivity contribution in [2.24, 2.45) is 5.92 Å². The van der Waals surface area contributed by atoms with Gasteiger partial charge < -0.3 is 9.64 Å². The first-order chi connectivity index (χ1) is 12.3. The van der Waals surface area contributed by atoms with E-state index in [1.165, 1.54) is 5.56 Å². The van der Waals surface area contributed by atoms with Gasteiger partial charge in [-0.3, -0.25) is 4.79 Å². The molecule has 0 saturated carbocycles. The lowest BCUT2D eigenvalue weighted by Crippen LogP contribution is -2.28. The maximum absolute atomic E-state index is 13.0. The monoisotopic (exact) mass is 355 g/mol. The van der Waals surface area contributed by atoms with Gasteiger partial charge in [-0.05, 0) is 42.9 Å². The number of hydrogen-bond donors (Lipinski definition) is 0. The van der Waals surface area contributed by atoms with Gasteiger partial charge in [0.25, 0.3) is 5.91 Å². The molecule has 0 bridgehead atoms. The Balaban J connectivity index is 2.45. The molecule has 1 aromatic carbocycles. The van der Waals surface area contributed by atoms with E-state index in [9.17, 15) is 9.59 Å². The van der Waals surface area contributed by atoms with Crippen molar-refractivity contribution in [3.8, 4) is 0 Å². The van der Waals surface area contributed by atoms with E-state index >= 15 is 0 Å². The molecule has 1 heterocycles. The average Bonchev–Trinajstić information content (AvgIpc) is 2.79. The summed E-state index contributed by atoms with van der Waals surface area (Å²) in [6.45, 7) is 12.8. The zero-order valence-corrected chi connectivity index (χ0v) is 16.6. The summed E-state index contributed by atoms with van der Waals surface area (Å²) in [6.07, 6.45) is 1.79. The number of nitrogens with zero attached hydrogens (tertiary/aromatic N) is 1. The van der Waals surface area contributed by atoms with Crippen LogP contribution in [0.4, 0.5) is 0 Å². The molecule has 2 rings (SSSR count). The Bertz CT molecular complexity index is 739. The Kier molecular flexibility index (Phi) is 6.41. The van der Waals surface area contributed by atoms with Gasteiger partial charge in [0.15, 0.2) is 0 Å². The fourth-order valence-corrected chi connectivity index (χ4v) is 3.06. The SMILES string of the molecule is CCOC(=O)C1=C(C)N(CC(C)C)C(=O)/C1=C\c1ccc(C(C)C)cc1. The first-order valence-electron chi connectivity index (χ1n) is 9.28. The van der Waals surface area contributed by atoms with Gasteiger partial charge in [0.1, 0.15) is 0 Å². The van der Waals surface area contributed by atoms with Gasteiger partial charge in [-0.1, -0.05) is 52.0 Å². The Labute approximate surface area is 156 Å². The molecule has 0 saturated heterocycles. The molecule has 0 atom stereocenters. The van der Waals surface area contributed by atoms with Crippen LogP contribution in [0.25, 0.3) is 6.08 Å². The van der Waals surface area contributed by atoms with E-state index in [2.05, 4.69) is 39.8 Å². The van der Waals surface area contributed by atoms with Crippen molar-refractivity contribution in [2.75, 3.05) is 13.2 Å². The molecule has 0 N–H and O–H groups in total. The van der Waals surface area contributed by atoms with E-state index < -0.39 is 5.97 Å². The van der Waals surface area contributed by atoms with Crippen LogP contribution in [0.3, 0.4) is 0 Å². The molecule has 140 valence electrons. The lowest BCUT2D eigenvalue weighted by atomic mass is 9.99. The van der Waals surface area contributed by atoms with Gasteiger partial charge in [0.05, 0.1) is 17.8 Å². The van der Waals surface area contributed by atoms with E-state index in [0.717, 1.165) is 5.56 Å². The smallest absolute Gasteiger partial charge is 0.340 e. The van der Waals surface area contributed by atoms with E-state index in [0.29, 0.717) is 35.2 Å². The molecule has 0 radical (unpaired) electrons. The number of rotatable bonds is 6. The van der Waals surface area contributed by atoms with Gasteiger partial charge in [0, 0.05) is 12.2 Å². The standard InChI is InChI=1S/C22H29NO3/c1-7-26-22(25)20-16(6)23(13-14(2)3)21(24)19(20)12-17-8-10-18(11-9-17)15(4)5/h8-12,14-15H,7,13H2,1-6H3/b19-12-.